The molecule has 0 aliphatic carbocycles. The molecule has 0 fully saturated rings. The minimum atomic E-state index is 0.197. The quantitative estimate of drug-likeness (QED) is 0.499. The second kappa shape index (κ2) is 11.4. The largest absolute Gasteiger partial charge is 0.377 e. The van der Waals surface area contributed by atoms with Gasteiger partial charge in [-0.05, 0) is 34.4 Å². The fraction of sp³-hybridized carbons (Fsp3) is 0.750. The van der Waals surface area contributed by atoms with E-state index in [9.17, 15) is 0 Å². The number of hydrogen-bond donors (Lipinski definition) is 2. The lowest BCUT2D eigenvalue weighted by Gasteiger charge is -2.21. The molecule has 0 aliphatic heterocycles. The Kier molecular flexibility index (Phi) is 9.82. The molecule has 0 radical (unpaired) electrons. The van der Waals surface area contributed by atoms with Gasteiger partial charge in [0.1, 0.15) is 0 Å². The number of ether oxygens (including phenoxy) is 1. The van der Waals surface area contributed by atoms with Crippen molar-refractivity contribution in [3.05, 3.63) is 16.1 Å². The number of aliphatic imine (C=N–C) groups is 1. The van der Waals surface area contributed by atoms with Gasteiger partial charge in [0.15, 0.2) is 5.96 Å². The third-order valence-electron chi connectivity index (χ3n) is 3.32. The first-order chi connectivity index (χ1) is 11.0. The molecule has 1 aromatic rings. The maximum Gasteiger partial charge on any atom is 0.191 e. The van der Waals surface area contributed by atoms with E-state index in [4.69, 9.17) is 4.74 Å². The third kappa shape index (κ3) is 8.88. The number of rotatable bonds is 10. The van der Waals surface area contributed by atoms with Crippen molar-refractivity contribution in [1.29, 1.82) is 0 Å². The summed E-state index contributed by atoms with van der Waals surface area (Å²) >= 11 is 1.75. The Morgan fingerprint density at radius 1 is 1.43 bits per heavy atom. The van der Waals surface area contributed by atoms with Crippen LogP contribution < -0.4 is 10.6 Å². The minimum Gasteiger partial charge on any atom is -0.377 e. The molecule has 0 saturated heterocycles. The zero-order chi connectivity index (χ0) is 17.1. The molecule has 7 heteroatoms. The molecule has 1 aromatic heterocycles. The lowest BCUT2D eigenvalue weighted by Crippen LogP contribution is -2.43. The van der Waals surface area contributed by atoms with Gasteiger partial charge in [0, 0.05) is 50.8 Å². The Balaban J connectivity index is 2.30. The van der Waals surface area contributed by atoms with Crippen molar-refractivity contribution >= 4 is 17.3 Å². The fourth-order valence-electron chi connectivity index (χ4n) is 2.12. The van der Waals surface area contributed by atoms with E-state index in [1.807, 2.05) is 13.1 Å². The van der Waals surface area contributed by atoms with Crippen LogP contribution in [0.25, 0.3) is 0 Å². The van der Waals surface area contributed by atoms with Crippen molar-refractivity contribution in [2.45, 2.75) is 32.8 Å². The summed E-state index contributed by atoms with van der Waals surface area (Å²) in [5, 5.41) is 7.83. The maximum atomic E-state index is 5.78. The number of hydrogen-bond acceptors (Lipinski definition) is 5. The van der Waals surface area contributed by atoms with Crippen molar-refractivity contribution in [3.63, 3.8) is 0 Å². The van der Waals surface area contributed by atoms with Crippen molar-refractivity contribution in [2.24, 2.45) is 4.99 Å². The van der Waals surface area contributed by atoms with Crippen LogP contribution in [0.1, 0.15) is 23.2 Å². The standard InChI is InChI=1S/C16H31N5OS/c1-6-22-14(8-10-21(4)5)12-20-16(17-3)18-9-7-15-19-11-13(2)23-15/h11,14H,6-10,12H2,1-5H3,(H2,17,18,20). The zero-order valence-corrected chi connectivity index (χ0v) is 15.9. The van der Waals surface area contributed by atoms with Crippen LogP contribution >= 0.6 is 11.3 Å². The molecular weight excluding hydrogens is 310 g/mol. The highest BCUT2D eigenvalue weighted by atomic mass is 32.1. The Bertz CT molecular complexity index is 461. The van der Waals surface area contributed by atoms with Crippen molar-refractivity contribution in [2.75, 3.05) is 47.4 Å². The molecule has 132 valence electrons. The van der Waals surface area contributed by atoms with E-state index >= 15 is 0 Å². The predicted octanol–water partition coefficient (Wildman–Crippen LogP) is 1.52. The Labute approximate surface area is 144 Å². The Morgan fingerprint density at radius 3 is 2.78 bits per heavy atom. The van der Waals surface area contributed by atoms with E-state index in [-0.39, 0.29) is 6.10 Å². The van der Waals surface area contributed by atoms with Gasteiger partial charge in [0.2, 0.25) is 0 Å². The van der Waals surface area contributed by atoms with Crippen LogP contribution in [-0.2, 0) is 11.2 Å². The summed E-state index contributed by atoms with van der Waals surface area (Å²) < 4.78 is 5.78. The van der Waals surface area contributed by atoms with E-state index in [1.165, 1.54) is 4.88 Å². The number of aryl methyl sites for hydroxylation is 1. The van der Waals surface area contributed by atoms with Crippen LogP contribution in [0.15, 0.2) is 11.2 Å². The van der Waals surface area contributed by atoms with Crippen molar-refractivity contribution in [1.82, 2.24) is 20.5 Å². The van der Waals surface area contributed by atoms with E-state index in [1.54, 1.807) is 18.4 Å². The van der Waals surface area contributed by atoms with E-state index in [2.05, 4.69) is 46.5 Å². The second-order valence-corrected chi connectivity index (χ2v) is 6.98. The smallest absolute Gasteiger partial charge is 0.191 e. The lowest BCUT2D eigenvalue weighted by atomic mass is 10.2. The topological polar surface area (TPSA) is 61.8 Å². The third-order valence-corrected chi connectivity index (χ3v) is 4.29. The predicted molar refractivity (Wildman–Crippen MR) is 98.5 cm³/mol. The summed E-state index contributed by atoms with van der Waals surface area (Å²) in [6.45, 7) is 7.45. The molecule has 0 spiro atoms. The molecule has 1 atom stereocenters. The van der Waals surface area contributed by atoms with Crippen molar-refractivity contribution in [3.8, 4) is 0 Å². The molecule has 1 heterocycles. The van der Waals surface area contributed by atoms with Crippen LogP contribution in [0, 0.1) is 6.92 Å². The summed E-state index contributed by atoms with van der Waals surface area (Å²) in [7, 11) is 5.95. The molecule has 0 aliphatic rings. The molecule has 2 N–H and O–H groups in total. The first-order valence-corrected chi connectivity index (χ1v) is 8.99. The Morgan fingerprint density at radius 2 is 2.22 bits per heavy atom. The normalized spacial score (nSPS) is 13.4. The first-order valence-electron chi connectivity index (χ1n) is 8.17. The average Bonchev–Trinajstić information content (AvgIpc) is 2.93. The number of guanidine groups is 1. The van der Waals surface area contributed by atoms with Crippen LogP contribution in [-0.4, -0.2) is 69.3 Å². The summed E-state index contributed by atoms with van der Waals surface area (Å²) in [5.74, 6) is 0.813. The molecule has 23 heavy (non-hydrogen) atoms. The van der Waals surface area contributed by atoms with Gasteiger partial charge in [0.05, 0.1) is 11.1 Å². The monoisotopic (exact) mass is 341 g/mol. The van der Waals surface area contributed by atoms with Gasteiger partial charge < -0.3 is 20.3 Å². The van der Waals surface area contributed by atoms with Gasteiger partial charge in [-0.15, -0.1) is 11.3 Å². The summed E-state index contributed by atoms with van der Waals surface area (Å²) in [6, 6.07) is 0. The molecule has 0 amide bonds. The number of aromatic nitrogens is 1. The van der Waals surface area contributed by atoms with E-state index < -0.39 is 0 Å². The zero-order valence-electron chi connectivity index (χ0n) is 15.1. The summed E-state index contributed by atoms with van der Waals surface area (Å²) in [5.41, 5.74) is 0. The highest BCUT2D eigenvalue weighted by molar-refractivity contribution is 7.11. The van der Waals surface area contributed by atoms with Gasteiger partial charge in [-0.25, -0.2) is 4.98 Å². The minimum absolute atomic E-state index is 0.197. The number of nitrogens with zero attached hydrogens (tertiary/aromatic N) is 3. The molecule has 0 aromatic carbocycles. The van der Waals surface area contributed by atoms with Crippen LogP contribution in [0.5, 0.6) is 0 Å². The Hall–Kier alpha value is -1.18. The van der Waals surface area contributed by atoms with Crippen molar-refractivity contribution < 1.29 is 4.74 Å². The molecule has 0 saturated carbocycles. The van der Waals surface area contributed by atoms with Gasteiger partial charge in [-0.2, -0.15) is 0 Å². The van der Waals surface area contributed by atoms with Crippen LogP contribution in [0.2, 0.25) is 0 Å². The van der Waals surface area contributed by atoms with Gasteiger partial charge in [0.25, 0.3) is 0 Å². The van der Waals surface area contributed by atoms with Gasteiger partial charge in [-0.1, -0.05) is 0 Å². The van der Waals surface area contributed by atoms with Crippen LogP contribution in [0.3, 0.4) is 0 Å². The molecule has 6 nitrogen and oxygen atoms in total. The fourth-order valence-corrected chi connectivity index (χ4v) is 2.90. The highest BCUT2D eigenvalue weighted by Gasteiger charge is 2.10. The van der Waals surface area contributed by atoms with Crippen LogP contribution in [0.4, 0.5) is 0 Å². The van der Waals surface area contributed by atoms with E-state index in [0.29, 0.717) is 0 Å². The second-order valence-electron chi connectivity index (χ2n) is 5.66. The molecule has 1 unspecified atom stereocenters. The number of nitrogens with one attached hydrogen (secondary N) is 2. The van der Waals surface area contributed by atoms with Gasteiger partial charge in [-0.3, -0.25) is 4.99 Å². The molecular formula is C16H31N5OS. The highest BCUT2D eigenvalue weighted by Crippen LogP contribution is 2.10. The maximum absolute atomic E-state index is 5.78. The first kappa shape index (κ1) is 19.9. The summed E-state index contributed by atoms with van der Waals surface area (Å²) in [6.07, 6.45) is 4.03. The average molecular weight is 342 g/mol. The van der Waals surface area contributed by atoms with Gasteiger partial charge >= 0.3 is 0 Å². The SMILES string of the molecule is CCOC(CCN(C)C)CNC(=NC)NCCc1ncc(C)s1. The molecule has 0 bridgehead atoms. The lowest BCUT2D eigenvalue weighted by molar-refractivity contribution is 0.0548. The van der Waals surface area contributed by atoms with E-state index in [0.717, 1.165) is 50.0 Å². The molecule has 1 rings (SSSR count). The number of thiazole rings is 1. The summed E-state index contributed by atoms with van der Waals surface area (Å²) in [4.78, 5) is 12.1.